The van der Waals surface area contributed by atoms with Gasteiger partial charge in [0, 0.05) is 30.1 Å². The first-order chi connectivity index (χ1) is 15.0. The Morgan fingerprint density at radius 2 is 1.84 bits per heavy atom. The molecule has 0 spiro atoms. The summed E-state index contributed by atoms with van der Waals surface area (Å²) in [5.74, 6) is 1.41. The minimum Gasteiger partial charge on any atom is -0.497 e. The first kappa shape index (κ1) is 20.8. The van der Waals surface area contributed by atoms with Crippen molar-refractivity contribution in [2.24, 2.45) is 0 Å². The maximum atomic E-state index is 12.3. The zero-order chi connectivity index (χ0) is 22.0. The lowest BCUT2D eigenvalue weighted by Crippen LogP contribution is -2.17. The zero-order valence-electron chi connectivity index (χ0n) is 17.9. The van der Waals surface area contributed by atoms with Gasteiger partial charge >= 0.3 is 5.97 Å². The van der Waals surface area contributed by atoms with Crippen LogP contribution in [0.4, 0.5) is 0 Å². The van der Waals surface area contributed by atoms with E-state index in [0.717, 1.165) is 33.6 Å². The lowest BCUT2D eigenvalue weighted by atomic mass is 10.1. The molecule has 0 fully saturated rings. The van der Waals surface area contributed by atoms with Crippen LogP contribution in [0, 0.1) is 13.8 Å². The molecule has 0 bridgehead atoms. The van der Waals surface area contributed by atoms with Crippen molar-refractivity contribution in [3.05, 3.63) is 88.5 Å². The highest BCUT2D eigenvalue weighted by atomic mass is 16.5. The number of ether oxygens (including phenoxy) is 1. The fourth-order valence-electron chi connectivity index (χ4n) is 3.88. The van der Waals surface area contributed by atoms with E-state index < -0.39 is 5.97 Å². The molecule has 31 heavy (non-hydrogen) atoms. The number of fused-ring (bicyclic) bond motifs is 1. The number of rotatable bonds is 8. The lowest BCUT2D eigenvalue weighted by Gasteiger charge is -2.10. The lowest BCUT2D eigenvalue weighted by molar-refractivity contribution is 0.0684. The van der Waals surface area contributed by atoms with Crippen LogP contribution in [-0.2, 0) is 19.6 Å². The number of carbonyl (C=O) groups is 1. The molecule has 4 rings (SSSR count). The van der Waals surface area contributed by atoms with Crippen molar-refractivity contribution < 1.29 is 19.1 Å². The number of nitrogens with zero attached hydrogens (tertiary/aromatic N) is 1. The average Bonchev–Trinajstić information content (AvgIpc) is 3.30. The van der Waals surface area contributed by atoms with Gasteiger partial charge in [-0.15, -0.1) is 0 Å². The molecule has 160 valence electrons. The van der Waals surface area contributed by atoms with Crippen molar-refractivity contribution in [3.8, 4) is 5.75 Å². The van der Waals surface area contributed by atoms with E-state index in [9.17, 15) is 9.90 Å². The van der Waals surface area contributed by atoms with Gasteiger partial charge in [0.15, 0.2) is 0 Å². The van der Waals surface area contributed by atoms with E-state index in [-0.39, 0.29) is 5.69 Å². The molecule has 0 aliphatic carbocycles. The maximum absolute atomic E-state index is 12.3. The Balaban J connectivity index is 1.75. The zero-order valence-corrected chi connectivity index (χ0v) is 17.9. The van der Waals surface area contributed by atoms with Gasteiger partial charge in [-0.2, -0.15) is 0 Å². The molecule has 0 unspecified atom stereocenters. The van der Waals surface area contributed by atoms with Gasteiger partial charge < -0.3 is 24.1 Å². The second-order valence-electron chi connectivity index (χ2n) is 7.70. The highest BCUT2D eigenvalue weighted by Gasteiger charge is 2.23. The minimum absolute atomic E-state index is 0.284. The largest absolute Gasteiger partial charge is 0.497 e. The molecule has 2 N–H and O–H groups in total. The van der Waals surface area contributed by atoms with Gasteiger partial charge in [0.2, 0.25) is 0 Å². The Bertz CT molecular complexity index is 1220. The number of carboxylic acids is 1. The van der Waals surface area contributed by atoms with Crippen LogP contribution in [0.1, 0.15) is 38.7 Å². The maximum Gasteiger partial charge on any atom is 0.352 e. The van der Waals surface area contributed by atoms with Gasteiger partial charge in [0.25, 0.3) is 0 Å². The van der Waals surface area contributed by atoms with Gasteiger partial charge in [0.05, 0.1) is 19.2 Å². The summed E-state index contributed by atoms with van der Waals surface area (Å²) in [4.78, 5) is 12.3. The standard InChI is InChI=1S/C25H26N2O4/c1-16-4-7-18(8-5-16)15-27-23-12-19(30-3)10-11-21(23)22(24(27)25(28)29)14-26-13-20-9-6-17(2)31-20/h4-12,26H,13-15H2,1-3H3,(H,28,29). The number of hydrogen-bond donors (Lipinski definition) is 2. The van der Waals surface area contributed by atoms with Crippen molar-refractivity contribution in [1.29, 1.82) is 0 Å². The number of carboxylic acid groups (broad SMARTS) is 1. The molecule has 0 amide bonds. The number of aromatic nitrogens is 1. The highest BCUT2D eigenvalue weighted by molar-refractivity contribution is 5.98. The van der Waals surface area contributed by atoms with E-state index in [2.05, 4.69) is 5.32 Å². The Labute approximate surface area is 181 Å². The van der Waals surface area contributed by atoms with Gasteiger partial charge in [-0.1, -0.05) is 29.8 Å². The molecule has 6 nitrogen and oxygen atoms in total. The highest BCUT2D eigenvalue weighted by Crippen LogP contribution is 2.31. The van der Waals surface area contributed by atoms with E-state index in [0.29, 0.717) is 25.4 Å². The fraction of sp³-hybridized carbons (Fsp3) is 0.240. The van der Waals surface area contributed by atoms with Crippen molar-refractivity contribution >= 4 is 16.9 Å². The van der Waals surface area contributed by atoms with Crippen LogP contribution in [0.2, 0.25) is 0 Å². The van der Waals surface area contributed by atoms with E-state index in [1.807, 2.05) is 73.0 Å². The summed E-state index contributed by atoms with van der Waals surface area (Å²) in [6.07, 6.45) is 0. The molecule has 0 atom stereocenters. The Morgan fingerprint density at radius 3 is 2.48 bits per heavy atom. The molecule has 4 aromatic rings. The van der Waals surface area contributed by atoms with Crippen LogP contribution in [-0.4, -0.2) is 22.8 Å². The molecule has 2 aromatic heterocycles. The first-order valence-electron chi connectivity index (χ1n) is 10.2. The van der Waals surface area contributed by atoms with Crippen molar-refractivity contribution in [1.82, 2.24) is 9.88 Å². The van der Waals surface area contributed by atoms with Gasteiger partial charge in [-0.05, 0) is 43.7 Å². The monoisotopic (exact) mass is 418 g/mol. The minimum atomic E-state index is -0.951. The second-order valence-corrected chi connectivity index (χ2v) is 7.70. The van der Waals surface area contributed by atoms with Crippen LogP contribution < -0.4 is 10.1 Å². The van der Waals surface area contributed by atoms with E-state index in [4.69, 9.17) is 9.15 Å². The summed E-state index contributed by atoms with van der Waals surface area (Å²) in [6.45, 7) is 5.33. The summed E-state index contributed by atoms with van der Waals surface area (Å²) < 4.78 is 12.9. The Kier molecular flexibility index (Phi) is 5.82. The number of aryl methyl sites for hydroxylation is 2. The number of aromatic carboxylic acids is 1. The van der Waals surface area contributed by atoms with Crippen LogP contribution in [0.5, 0.6) is 5.75 Å². The third kappa shape index (κ3) is 4.34. The molecular formula is C25H26N2O4. The first-order valence-corrected chi connectivity index (χ1v) is 10.2. The third-order valence-corrected chi connectivity index (χ3v) is 5.44. The predicted octanol–water partition coefficient (Wildman–Crippen LogP) is 4.90. The number of nitrogens with one attached hydrogen (secondary N) is 1. The van der Waals surface area contributed by atoms with Gasteiger partial charge in [-0.25, -0.2) is 4.79 Å². The molecule has 2 heterocycles. The molecule has 0 saturated heterocycles. The van der Waals surface area contributed by atoms with Crippen LogP contribution in [0.3, 0.4) is 0 Å². The summed E-state index contributed by atoms with van der Waals surface area (Å²) in [6, 6.07) is 17.7. The SMILES string of the molecule is COc1ccc2c(CNCc3ccc(C)o3)c(C(=O)O)n(Cc3ccc(C)cc3)c2c1. The molecule has 0 aliphatic heterocycles. The molecule has 0 saturated carbocycles. The quantitative estimate of drug-likeness (QED) is 0.426. The van der Waals surface area contributed by atoms with E-state index >= 15 is 0 Å². The van der Waals surface area contributed by atoms with Gasteiger partial charge in [-0.3, -0.25) is 0 Å². The second kappa shape index (κ2) is 8.70. The molecular weight excluding hydrogens is 392 g/mol. The normalized spacial score (nSPS) is 11.2. The molecule has 2 aromatic carbocycles. The average molecular weight is 418 g/mol. The number of benzene rings is 2. The van der Waals surface area contributed by atoms with Crippen molar-refractivity contribution in [2.75, 3.05) is 7.11 Å². The van der Waals surface area contributed by atoms with Crippen LogP contribution >= 0.6 is 0 Å². The van der Waals surface area contributed by atoms with Crippen LogP contribution in [0.15, 0.2) is 59.0 Å². The fourth-order valence-corrected chi connectivity index (χ4v) is 3.88. The predicted molar refractivity (Wildman–Crippen MR) is 120 cm³/mol. The molecule has 0 radical (unpaired) electrons. The number of methoxy groups -OCH3 is 1. The van der Waals surface area contributed by atoms with Crippen molar-refractivity contribution in [3.63, 3.8) is 0 Å². The van der Waals surface area contributed by atoms with E-state index in [1.54, 1.807) is 7.11 Å². The summed E-state index contributed by atoms with van der Waals surface area (Å²) >= 11 is 0. The number of furan rings is 1. The third-order valence-electron chi connectivity index (χ3n) is 5.44. The van der Waals surface area contributed by atoms with Crippen LogP contribution in [0.25, 0.3) is 10.9 Å². The van der Waals surface area contributed by atoms with E-state index in [1.165, 1.54) is 5.56 Å². The summed E-state index contributed by atoms with van der Waals surface area (Å²) in [5, 5.41) is 14.3. The van der Waals surface area contributed by atoms with Crippen molar-refractivity contribution in [2.45, 2.75) is 33.5 Å². The smallest absolute Gasteiger partial charge is 0.352 e. The summed E-state index contributed by atoms with van der Waals surface area (Å²) in [7, 11) is 1.61. The molecule has 6 heteroatoms. The van der Waals surface area contributed by atoms with Gasteiger partial charge in [0.1, 0.15) is 23.0 Å². The summed E-state index contributed by atoms with van der Waals surface area (Å²) in [5.41, 5.74) is 4.08. The Morgan fingerprint density at radius 1 is 1.06 bits per heavy atom. The number of hydrogen-bond acceptors (Lipinski definition) is 4. The molecule has 0 aliphatic rings. The Hall–Kier alpha value is -3.51. The topological polar surface area (TPSA) is 76.6 Å².